The molecule has 0 heterocycles. The Morgan fingerprint density at radius 1 is 1.33 bits per heavy atom. The van der Waals surface area contributed by atoms with Gasteiger partial charge >= 0.3 is 0 Å². The minimum absolute atomic E-state index is 0.308. The monoisotopic (exact) mass is 277 g/mol. The van der Waals surface area contributed by atoms with Crippen LogP contribution >= 0.6 is 0 Å². The first kappa shape index (κ1) is 15.0. The molecule has 0 spiro atoms. The van der Waals surface area contributed by atoms with Gasteiger partial charge in [-0.25, -0.2) is 17.2 Å². The zero-order valence-electron chi connectivity index (χ0n) is 10.6. The quantitative estimate of drug-likeness (QED) is 0.896. The minimum Gasteiger partial charge on any atom is -0.316 e. The Balaban J connectivity index is 3.25. The molecule has 0 radical (unpaired) electrons. The summed E-state index contributed by atoms with van der Waals surface area (Å²) in [5, 5.41) is 2.04. The molecule has 0 saturated heterocycles. The van der Waals surface area contributed by atoms with Crippen molar-refractivity contribution in [3.63, 3.8) is 0 Å². The average Bonchev–Trinajstić information content (AvgIpc) is 2.33. The van der Waals surface area contributed by atoms with Gasteiger partial charge in [0.25, 0.3) is 0 Å². The van der Waals surface area contributed by atoms with Crippen LogP contribution < -0.4 is 5.32 Å². The third-order valence-corrected chi connectivity index (χ3v) is 5.30. The third-order valence-electron chi connectivity index (χ3n) is 3.07. The van der Waals surface area contributed by atoms with Crippen molar-refractivity contribution in [2.24, 2.45) is 0 Å². The van der Waals surface area contributed by atoms with Crippen LogP contribution in [0.25, 0.3) is 0 Å². The number of sulfone groups is 1. The lowest BCUT2D eigenvalue weighted by atomic mass is 10.2. The van der Waals surface area contributed by atoms with E-state index in [2.05, 4.69) is 5.32 Å². The van der Waals surface area contributed by atoms with Crippen LogP contribution in [-0.2, 0) is 9.84 Å². The number of hydrogen-bond acceptors (Lipinski definition) is 3. The highest BCUT2D eigenvalue weighted by atomic mass is 32.2. The van der Waals surface area contributed by atoms with E-state index >= 15 is 0 Å². The van der Waals surface area contributed by atoms with Gasteiger partial charge in [0.1, 0.15) is 16.5 Å². The molecule has 0 aliphatic carbocycles. The van der Waals surface area contributed by atoms with Crippen molar-refractivity contribution in [2.45, 2.75) is 36.5 Å². The summed E-state index contributed by atoms with van der Waals surface area (Å²) in [6.45, 7) is 3.32. The summed E-state index contributed by atoms with van der Waals surface area (Å²) in [7, 11) is -2.25. The zero-order valence-corrected chi connectivity index (χ0v) is 11.4. The van der Waals surface area contributed by atoms with E-state index in [1.54, 1.807) is 7.05 Å². The highest BCUT2D eigenvalue weighted by molar-refractivity contribution is 7.92. The first-order chi connectivity index (χ1) is 8.34. The maximum atomic E-state index is 13.5. The van der Waals surface area contributed by atoms with Gasteiger partial charge in [-0.05, 0) is 38.6 Å². The molecule has 0 aliphatic heterocycles. The second kappa shape index (κ2) is 5.75. The Labute approximate surface area is 106 Å². The molecular weight excluding hydrogens is 260 g/mol. The van der Waals surface area contributed by atoms with Crippen molar-refractivity contribution in [3.05, 3.63) is 29.8 Å². The first-order valence-corrected chi connectivity index (χ1v) is 7.25. The molecule has 102 valence electrons. The Bertz CT molecular complexity index is 513. The van der Waals surface area contributed by atoms with Gasteiger partial charge in [0, 0.05) is 6.04 Å². The van der Waals surface area contributed by atoms with Gasteiger partial charge in [0.15, 0.2) is 9.84 Å². The second-order valence-corrected chi connectivity index (χ2v) is 6.40. The Kier molecular flexibility index (Phi) is 4.81. The summed E-state index contributed by atoms with van der Waals surface area (Å²) in [4.78, 5) is -0.580. The number of benzene rings is 1. The normalized spacial score (nSPS) is 15.4. The fourth-order valence-electron chi connectivity index (χ4n) is 1.88. The summed E-state index contributed by atoms with van der Waals surface area (Å²) < 4.78 is 51.0. The van der Waals surface area contributed by atoms with Gasteiger partial charge < -0.3 is 5.32 Å². The molecular formula is C12H17F2NO2S. The van der Waals surface area contributed by atoms with Crippen molar-refractivity contribution in [1.29, 1.82) is 0 Å². The SMILES string of the molecule is CCC(NC)C(C)S(=O)(=O)c1cc(F)ccc1F. The standard InChI is InChI=1S/C12H17F2NO2S/c1-4-11(15-3)8(2)18(16,17)12-7-9(13)5-6-10(12)14/h5-8,11,15H,4H2,1-3H3. The molecule has 1 N–H and O–H groups in total. The topological polar surface area (TPSA) is 46.2 Å². The summed E-state index contributed by atoms with van der Waals surface area (Å²) in [6, 6.07) is 2.14. The predicted octanol–water partition coefficient (Wildman–Crippen LogP) is 2.12. The summed E-state index contributed by atoms with van der Waals surface area (Å²) >= 11 is 0. The van der Waals surface area contributed by atoms with Gasteiger partial charge in [-0.2, -0.15) is 0 Å². The Morgan fingerprint density at radius 3 is 2.44 bits per heavy atom. The van der Waals surface area contributed by atoms with Gasteiger partial charge in [-0.3, -0.25) is 0 Å². The molecule has 1 rings (SSSR count). The van der Waals surface area contributed by atoms with E-state index < -0.39 is 31.6 Å². The molecule has 0 amide bonds. The molecule has 6 heteroatoms. The van der Waals surface area contributed by atoms with Gasteiger partial charge in [0.05, 0.1) is 5.25 Å². The van der Waals surface area contributed by atoms with Gasteiger partial charge in [-0.1, -0.05) is 6.92 Å². The molecule has 0 aliphatic rings. The second-order valence-electron chi connectivity index (χ2n) is 4.13. The van der Waals surface area contributed by atoms with Gasteiger partial charge in [0.2, 0.25) is 0 Å². The maximum Gasteiger partial charge on any atom is 0.185 e. The summed E-state index contributed by atoms with van der Waals surface area (Å²) in [5.74, 6) is -1.69. The number of halogens is 2. The van der Waals surface area contributed by atoms with Crippen LogP contribution in [0.2, 0.25) is 0 Å². The molecule has 2 atom stereocenters. The predicted molar refractivity (Wildman–Crippen MR) is 66.1 cm³/mol. The van der Waals surface area contributed by atoms with Crippen molar-refractivity contribution in [2.75, 3.05) is 7.05 Å². The van der Waals surface area contributed by atoms with Crippen LogP contribution in [0.3, 0.4) is 0 Å². The fraction of sp³-hybridized carbons (Fsp3) is 0.500. The summed E-state index contributed by atoms with van der Waals surface area (Å²) in [6.07, 6.45) is 0.577. The van der Waals surface area contributed by atoms with Crippen molar-refractivity contribution < 1.29 is 17.2 Å². The summed E-state index contributed by atoms with van der Waals surface area (Å²) in [5.41, 5.74) is 0. The van der Waals surface area contributed by atoms with E-state index in [1.165, 1.54) is 6.92 Å². The third kappa shape index (κ3) is 2.87. The lowest BCUT2D eigenvalue weighted by Gasteiger charge is -2.22. The lowest BCUT2D eigenvalue weighted by molar-refractivity contribution is 0.497. The van der Waals surface area contributed by atoms with Gasteiger partial charge in [-0.15, -0.1) is 0 Å². The zero-order chi connectivity index (χ0) is 13.9. The van der Waals surface area contributed by atoms with Crippen LogP contribution in [0.4, 0.5) is 8.78 Å². The van der Waals surface area contributed by atoms with E-state index in [-0.39, 0.29) is 6.04 Å². The minimum atomic E-state index is -3.89. The Morgan fingerprint density at radius 2 is 1.94 bits per heavy atom. The van der Waals surface area contributed by atoms with Crippen LogP contribution in [0.5, 0.6) is 0 Å². The van der Waals surface area contributed by atoms with Crippen LogP contribution in [-0.4, -0.2) is 26.8 Å². The van der Waals surface area contributed by atoms with E-state index in [0.29, 0.717) is 6.42 Å². The molecule has 18 heavy (non-hydrogen) atoms. The molecule has 2 unspecified atom stereocenters. The van der Waals surface area contributed by atoms with Crippen molar-refractivity contribution in [1.82, 2.24) is 5.32 Å². The van der Waals surface area contributed by atoms with Crippen LogP contribution in [0, 0.1) is 11.6 Å². The van der Waals surface area contributed by atoms with E-state index in [4.69, 9.17) is 0 Å². The highest BCUT2D eigenvalue weighted by Gasteiger charge is 2.31. The molecule has 0 bridgehead atoms. The molecule has 0 saturated carbocycles. The van der Waals surface area contributed by atoms with E-state index in [1.807, 2.05) is 6.92 Å². The lowest BCUT2D eigenvalue weighted by Crippen LogP contribution is -2.40. The largest absolute Gasteiger partial charge is 0.316 e. The molecule has 1 aromatic rings. The number of nitrogens with one attached hydrogen (secondary N) is 1. The van der Waals surface area contributed by atoms with Crippen LogP contribution in [0.15, 0.2) is 23.1 Å². The fourth-order valence-corrected chi connectivity index (χ4v) is 3.66. The molecule has 1 aromatic carbocycles. The van der Waals surface area contributed by atoms with E-state index in [9.17, 15) is 17.2 Å². The molecule has 0 aromatic heterocycles. The molecule has 3 nitrogen and oxygen atoms in total. The van der Waals surface area contributed by atoms with Crippen molar-refractivity contribution >= 4 is 9.84 Å². The number of rotatable bonds is 5. The van der Waals surface area contributed by atoms with E-state index in [0.717, 1.165) is 18.2 Å². The average molecular weight is 277 g/mol. The smallest absolute Gasteiger partial charge is 0.185 e. The first-order valence-electron chi connectivity index (χ1n) is 5.70. The highest BCUT2D eigenvalue weighted by Crippen LogP contribution is 2.23. The maximum absolute atomic E-state index is 13.5. The van der Waals surface area contributed by atoms with Crippen LogP contribution in [0.1, 0.15) is 20.3 Å². The van der Waals surface area contributed by atoms with Crippen molar-refractivity contribution in [3.8, 4) is 0 Å². The molecule has 0 fully saturated rings. The Hall–Kier alpha value is -1.01. The number of hydrogen-bond donors (Lipinski definition) is 1.